The minimum Gasteiger partial charge on any atom is -0.444 e. The molecule has 0 saturated heterocycles. The first-order valence-corrected chi connectivity index (χ1v) is 16.5. The molecule has 1 heterocycles. The number of nitrogens with two attached hydrogens (primary N) is 2. The second-order valence-electron chi connectivity index (χ2n) is 13.0. The summed E-state index contributed by atoms with van der Waals surface area (Å²) in [4.78, 5) is 80.9. The summed E-state index contributed by atoms with van der Waals surface area (Å²) in [5, 5.41) is 24.1. The van der Waals surface area contributed by atoms with Crippen LogP contribution in [0.15, 0.2) is 65.9 Å². The number of amides is 5. The summed E-state index contributed by atoms with van der Waals surface area (Å²) >= 11 is 0. The number of aromatic nitrogens is 1. The minimum atomic E-state index is -1.28. The van der Waals surface area contributed by atoms with Gasteiger partial charge in [-0.3, -0.25) is 19.2 Å². The second-order valence-corrected chi connectivity index (χ2v) is 13.0. The normalized spacial score (nSPS) is 13.3. The Balaban J connectivity index is 1.91. The topological polar surface area (TPSA) is 269 Å². The largest absolute Gasteiger partial charge is 0.444 e. The summed E-state index contributed by atoms with van der Waals surface area (Å²) in [5.74, 6) is -3.29. The van der Waals surface area contributed by atoms with Crippen LogP contribution < -0.4 is 32.7 Å². The molecule has 3 aromatic rings. The van der Waals surface area contributed by atoms with Crippen molar-refractivity contribution in [3.8, 4) is 0 Å². The molecule has 3 atom stereocenters. The van der Waals surface area contributed by atoms with Crippen LogP contribution in [0.2, 0.25) is 0 Å². The molecule has 1 aromatic heterocycles. The van der Waals surface area contributed by atoms with E-state index in [0.29, 0.717) is 11.1 Å². The van der Waals surface area contributed by atoms with Gasteiger partial charge in [0.2, 0.25) is 23.6 Å². The Morgan fingerprint density at radius 1 is 0.923 bits per heavy atom. The number of hydrazone groups is 1. The fraction of sp³-hybridized carbons (Fsp3) is 0.412. The molecule has 3 unspecified atom stereocenters. The SMILES string of the molecule is CN(CC(N)=O)C(=O)C(Cc1c[nH]c2ccccc12)NC(=O)C(CCCNC(N)=N[N+](=O)[O-])NC(=O)C(Cc1ccccc1)NC(=O)OC(C)(C)C. The van der Waals surface area contributed by atoms with E-state index in [1.54, 1.807) is 57.3 Å². The van der Waals surface area contributed by atoms with Crippen LogP contribution in [0.5, 0.6) is 0 Å². The average Bonchev–Trinajstić information content (AvgIpc) is 3.46. The third-order valence-electron chi connectivity index (χ3n) is 7.57. The first-order valence-electron chi connectivity index (χ1n) is 16.5. The lowest BCUT2D eigenvalue weighted by Gasteiger charge is -2.28. The van der Waals surface area contributed by atoms with Crippen LogP contribution in [0, 0.1) is 10.1 Å². The number of aromatic amines is 1. The van der Waals surface area contributed by atoms with E-state index >= 15 is 0 Å². The van der Waals surface area contributed by atoms with Gasteiger partial charge in [-0.05, 0) is 50.8 Å². The molecular formula is C34H46N10O8. The number of nitrogens with zero attached hydrogens (tertiary/aromatic N) is 3. The van der Waals surface area contributed by atoms with Crippen LogP contribution in [0.1, 0.15) is 44.7 Å². The maximum absolute atomic E-state index is 14.0. The number of rotatable bonds is 17. The molecule has 0 aliphatic carbocycles. The predicted octanol–water partition coefficient (Wildman–Crippen LogP) is 0.636. The van der Waals surface area contributed by atoms with Gasteiger partial charge in [-0.1, -0.05) is 48.5 Å². The van der Waals surface area contributed by atoms with E-state index in [4.69, 9.17) is 16.2 Å². The number of carbonyl (C=O) groups is 5. The molecule has 0 radical (unpaired) electrons. The number of ether oxygens (including phenoxy) is 1. The van der Waals surface area contributed by atoms with Crippen LogP contribution in [-0.4, -0.2) is 94.5 Å². The maximum atomic E-state index is 14.0. The van der Waals surface area contributed by atoms with Gasteiger partial charge in [-0.25, -0.2) is 14.9 Å². The number of alkyl carbamates (subject to hydrolysis) is 1. The van der Waals surface area contributed by atoms with Crippen LogP contribution in [0.3, 0.4) is 0 Å². The van der Waals surface area contributed by atoms with Gasteiger partial charge in [-0.2, -0.15) is 0 Å². The highest BCUT2D eigenvalue weighted by molar-refractivity contribution is 5.95. The van der Waals surface area contributed by atoms with Crippen molar-refractivity contribution < 1.29 is 33.7 Å². The molecule has 280 valence electrons. The Kier molecular flexibility index (Phi) is 14.5. The molecular weight excluding hydrogens is 676 g/mol. The first kappa shape index (κ1) is 40.2. The number of nitrogens with one attached hydrogen (secondary N) is 5. The quantitative estimate of drug-likeness (QED) is 0.0336. The molecule has 0 aliphatic rings. The van der Waals surface area contributed by atoms with Gasteiger partial charge in [0, 0.05) is 43.5 Å². The molecule has 18 nitrogen and oxygen atoms in total. The number of guanidine groups is 1. The van der Waals surface area contributed by atoms with Gasteiger partial charge < -0.3 is 47.4 Å². The van der Waals surface area contributed by atoms with Gasteiger partial charge >= 0.3 is 6.09 Å². The van der Waals surface area contributed by atoms with Crippen molar-refractivity contribution in [1.29, 1.82) is 0 Å². The predicted molar refractivity (Wildman–Crippen MR) is 192 cm³/mol. The fourth-order valence-electron chi connectivity index (χ4n) is 5.27. The van der Waals surface area contributed by atoms with Crippen molar-refractivity contribution in [2.45, 2.75) is 70.2 Å². The van der Waals surface area contributed by atoms with Crippen LogP contribution in [0.25, 0.3) is 10.9 Å². The highest BCUT2D eigenvalue weighted by Crippen LogP contribution is 2.20. The summed E-state index contributed by atoms with van der Waals surface area (Å²) in [6.45, 7) is 4.64. The molecule has 18 heteroatoms. The number of fused-ring (bicyclic) bond motifs is 1. The van der Waals surface area contributed by atoms with E-state index < -0.39 is 71.0 Å². The molecule has 9 N–H and O–H groups in total. The van der Waals surface area contributed by atoms with Gasteiger partial charge in [0.25, 0.3) is 5.96 Å². The molecule has 0 fully saturated rings. The number of benzene rings is 2. The zero-order chi connectivity index (χ0) is 38.4. The smallest absolute Gasteiger partial charge is 0.408 e. The van der Waals surface area contributed by atoms with Crippen molar-refractivity contribution in [2.75, 3.05) is 20.1 Å². The third kappa shape index (κ3) is 13.3. The Hall–Kier alpha value is -6.20. The van der Waals surface area contributed by atoms with Gasteiger partial charge in [0.15, 0.2) is 5.03 Å². The molecule has 5 amide bonds. The fourth-order valence-corrected chi connectivity index (χ4v) is 5.27. The lowest BCUT2D eigenvalue weighted by Crippen LogP contribution is -2.58. The van der Waals surface area contributed by atoms with Crippen LogP contribution in [-0.2, 0) is 36.8 Å². The third-order valence-corrected chi connectivity index (χ3v) is 7.57. The number of H-pyrrole nitrogens is 1. The van der Waals surface area contributed by atoms with Gasteiger partial charge in [-0.15, -0.1) is 0 Å². The standard InChI is InChI=1S/C34H46N10O8/c1-34(2,3)52-33(49)41-26(17-21-11-6-5-7-12-21)30(47)39-25(15-10-16-37-32(36)42-44(50)51)29(46)40-27(31(48)43(4)20-28(35)45)18-22-19-38-24-14-9-8-13-23(22)24/h5-9,11-14,19,25-27,38H,10,15-18,20H2,1-4H3,(H2,35,45)(H,39,47)(H,40,46)(H,41,49)(H3,36,37,42). The Morgan fingerprint density at radius 3 is 2.21 bits per heavy atom. The van der Waals surface area contributed by atoms with E-state index in [-0.39, 0.29) is 32.2 Å². The Morgan fingerprint density at radius 2 is 1.56 bits per heavy atom. The van der Waals surface area contributed by atoms with E-state index in [1.165, 1.54) is 7.05 Å². The molecule has 0 aliphatic heterocycles. The molecule has 0 bridgehead atoms. The molecule has 0 spiro atoms. The molecule has 3 rings (SSSR count). The number of likely N-dealkylation sites (N-methyl/N-ethyl adjacent to an activating group) is 1. The number of hydrogen-bond acceptors (Lipinski definition) is 8. The average molecular weight is 723 g/mol. The minimum absolute atomic E-state index is 0.0185. The lowest BCUT2D eigenvalue weighted by atomic mass is 10.0. The van der Waals surface area contributed by atoms with Gasteiger partial charge in [0.05, 0.1) is 6.54 Å². The van der Waals surface area contributed by atoms with Crippen molar-refractivity contribution in [3.05, 3.63) is 82.0 Å². The Labute approximate surface area is 300 Å². The van der Waals surface area contributed by atoms with Crippen LogP contribution >= 0.6 is 0 Å². The van der Waals surface area contributed by atoms with Gasteiger partial charge in [0.1, 0.15) is 28.8 Å². The number of para-hydroxylation sites is 1. The maximum Gasteiger partial charge on any atom is 0.408 e. The summed E-state index contributed by atoms with van der Waals surface area (Å²) in [5.41, 5.74) is 12.2. The molecule has 0 saturated carbocycles. The summed E-state index contributed by atoms with van der Waals surface area (Å²) in [7, 11) is 1.37. The molecule has 52 heavy (non-hydrogen) atoms. The van der Waals surface area contributed by atoms with Crippen molar-refractivity contribution >= 4 is 46.6 Å². The second kappa shape index (κ2) is 18.7. The number of hydrogen-bond donors (Lipinski definition) is 7. The monoisotopic (exact) mass is 722 g/mol. The van der Waals surface area contributed by atoms with Crippen molar-refractivity contribution in [1.82, 2.24) is 31.2 Å². The Bertz CT molecular complexity index is 1760. The highest BCUT2D eigenvalue weighted by atomic mass is 16.7. The number of nitro groups is 1. The van der Waals surface area contributed by atoms with E-state index in [0.717, 1.165) is 15.8 Å². The first-order chi connectivity index (χ1) is 24.5. The van der Waals surface area contributed by atoms with E-state index in [1.807, 2.05) is 24.3 Å². The summed E-state index contributed by atoms with van der Waals surface area (Å²) in [6, 6.07) is 12.6. The summed E-state index contributed by atoms with van der Waals surface area (Å²) in [6.07, 6.45) is 1.05. The van der Waals surface area contributed by atoms with Crippen molar-refractivity contribution in [2.24, 2.45) is 16.6 Å². The molecule has 2 aromatic carbocycles. The lowest BCUT2D eigenvalue weighted by molar-refractivity contribution is -0.485. The zero-order valence-electron chi connectivity index (χ0n) is 29.5. The van der Waals surface area contributed by atoms with E-state index in [9.17, 15) is 34.1 Å². The summed E-state index contributed by atoms with van der Waals surface area (Å²) < 4.78 is 5.38. The number of primary amides is 1. The van der Waals surface area contributed by atoms with Crippen molar-refractivity contribution in [3.63, 3.8) is 0 Å². The van der Waals surface area contributed by atoms with Crippen LogP contribution in [0.4, 0.5) is 4.79 Å². The highest BCUT2D eigenvalue weighted by Gasteiger charge is 2.32. The zero-order valence-corrected chi connectivity index (χ0v) is 29.5. The van der Waals surface area contributed by atoms with E-state index in [2.05, 4.69) is 31.4 Å². The number of carbonyl (C=O) groups excluding carboxylic acids is 5.